The molecule has 0 amide bonds. The maximum atomic E-state index is 6.14. The molecule has 1 aromatic carbocycles. The molecule has 1 fully saturated rings. The van der Waals surface area contributed by atoms with E-state index in [2.05, 4.69) is 15.9 Å². The molecule has 1 aromatic rings. The quantitative estimate of drug-likeness (QED) is 0.749. The van der Waals surface area contributed by atoms with Gasteiger partial charge in [0, 0.05) is 15.9 Å². The van der Waals surface area contributed by atoms with Crippen molar-refractivity contribution in [3.05, 3.63) is 34.9 Å². The first-order valence-electron chi connectivity index (χ1n) is 5.27. The minimum absolute atomic E-state index is 0.0870. The van der Waals surface area contributed by atoms with E-state index in [1.165, 1.54) is 19.3 Å². The van der Waals surface area contributed by atoms with Crippen molar-refractivity contribution in [2.24, 2.45) is 0 Å². The summed E-state index contributed by atoms with van der Waals surface area (Å²) >= 11 is 9.63. The average Bonchev–Trinajstić information content (AvgIpc) is 2.19. The highest BCUT2D eigenvalue weighted by atomic mass is 79.9. The van der Waals surface area contributed by atoms with Gasteiger partial charge < -0.3 is 4.74 Å². The summed E-state index contributed by atoms with van der Waals surface area (Å²) in [7, 11) is 0. The van der Waals surface area contributed by atoms with Crippen LogP contribution in [0.25, 0.3) is 0 Å². The Kier molecular flexibility index (Phi) is 4.06. The number of rotatable bonds is 4. The van der Waals surface area contributed by atoms with Crippen molar-refractivity contribution in [3.63, 3.8) is 0 Å². The Hall–Kier alpha value is -0.0500. The fraction of sp³-hybridized carbons (Fsp3) is 0.500. The molecule has 1 unspecified atom stereocenters. The monoisotopic (exact) mass is 288 g/mol. The van der Waals surface area contributed by atoms with Crippen LogP contribution in [0.15, 0.2) is 24.3 Å². The molecular weight excluding hydrogens is 275 g/mol. The second-order valence-corrected chi connectivity index (χ2v) is 4.91. The number of ether oxygens (including phenoxy) is 1. The van der Waals surface area contributed by atoms with Gasteiger partial charge in [-0.1, -0.05) is 45.7 Å². The van der Waals surface area contributed by atoms with Gasteiger partial charge in [-0.2, -0.15) is 0 Å². The summed E-state index contributed by atoms with van der Waals surface area (Å²) in [6.45, 7) is 0. The number of hydrogen-bond acceptors (Lipinski definition) is 1. The van der Waals surface area contributed by atoms with Crippen LogP contribution < -0.4 is 0 Å². The van der Waals surface area contributed by atoms with Crippen LogP contribution >= 0.6 is 27.5 Å². The first-order valence-corrected chi connectivity index (χ1v) is 6.77. The van der Waals surface area contributed by atoms with Crippen molar-refractivity contribution >= 4 is 27.5 Å². The summed E-state index contributed by atoms with van der Waals surface area (Å²) < 4.78 is 5.97. The third-order valence-electron chi connectivity index (χ3n) is 2.80. The van der Waals surface area contributed by atoms with E-state index in [1.807, 2.05) is 24.3 Å². The fourth-order valence-corrected chi connectivity index (χ4v) is 2.43. The molecule has 0 heterocycles. The molecule has 0 spiro atoms. The minimum Gasteiger partial charge on any atom is -0.369 e. The van der Waals surface area contributed by atoms with Gasteiger partial charge in [0.15, 0.2) is 0 Å². The highest BCUT2D eigenvalue weighted by molar-refractivity contribution is 9.09. The molecule has 1 saturated carbocycles. The molecule has 2 rings (SSSR count). The van der Waals surface area contributed by atoms with E-state index in [0.717, 1.165) is 15.9 Å². The molecular formula is C12H14BrClO. The summed E-state index contributed by atoms with van der Waals surface area (Å²) in [6.07, 6.45) is 4.19. The molecule has 0 N–H and O–H groups in total. The van der Waals surface area contributed by atoms with E-state index < -0.39 is 0 Å². The molecule has 0 saturated heterocycles. The van der Waals surface area contributed by atoms with Crippen molar-refractivity contribution in [2.45, 2.75) is 31.5 Å². The van der Waals surface area contributed by atoms with Crippen molar-refractivity contribution in [3.8, 4) is 0 Å². The predicted molar refractivity (Wildman–Crippen MR) is 66.7 cm³/mol. The molecule has 3 heteroatoms. The van der Waals surface area contributed by atoms with Gasteiger partial charge >= 0.3 is 0 Å². The van der Waals surface area contributed by atoms with Crippen molar-refractivity contribution < 1.29 is 4.74 Å². The van der Waals surface area contributed by atoms with Crippen molar-refractivity contribution in [1.82, 2.24) is 0 Å². The summed E-state index contributed by atoms with van der Waals surface area (Å²) in [5.74, 6) is 0. The van der Waals surface area contributed by atoms with Crippen molar-refractivity contribution in [1.29, 1.82) is 0 Å². The van der Waals surface area contributed by atoms with E-state index in [1.54, 1.807) is 0 Å². The van der Waals surface area contributed by atoms with E-state index in [4.69, 9.17) is 16.3 Å². The van der Waals surface area contributed by atoms with Crippen LogP contribution in [-0.2, 0) is 4.74 Å². The Balaban J connectivity index is 2.07. The van der Waals surface area contributed by atoms with Crippen LogP contribution in [-0.4, -0.2) is 11.4 Å². The second-order valence-electron chi connectivity index (χ2n) is 3.85. The maximum Gasteiger partial charge on any atom is 0.0939 e. The number of benzene rings is 1. The Morgan fingerprint density at radius 3 is 2.67 bits per heavy atom. The zero-order chi connectivity index (χ0) is 10.7. The second kappa shape index (κ2) is 5.33. The zero-order valence-electron chi connectivity index (χ0n) is 8.46. The lowest BCUT2D eigenvalue weighted by Crippen LogP contribution is -2.24. The predicted octanol–water partition coefficient (Wildman–Crippen LogP) is 4.35. The molecule has 0 bridgehead atoms. The lowest BCUT2D eigenvalue weighted by molar-refractivity contribution is -0.0418. The zero-order valence-corrected chi connectivity index (χ0v) is 10.8. The van der Waals surface area contributed by atoms with Gasteiger partial charge in [0.1, 0.15) is 0 Å². The third-order valence-corrected chi connectivity index (χ3v) is 3.73. The van der Waals surface area contributed by atoms with Crippen LogP contribution in [0.4, 0.5) is 0 Å². The van der Waals surface area contributed by atoms with Crippen LogP contribution in [0.1, 0.15) is 30.9 Å². The summed E-state index contributed by atoms with van der Waals surface area (Å²) in [5, 5.41) is 1.59. The SMILES string of the molecule is Clc1ccccc1C(CBr)OC1CCC1. The smallest absolute Gasteiger partial charge is 0.0939 e. The van der Waals surface area contributed by atoms with E-state index in [0.29, 0.717) is 6.10 Å². The molecule has 0 radical (unpaired) electrons. The van der Waals surface area contributed by atoms with Gasteiger partial charge in [-0.15, -0.1) is 0 Å². The Labute approximate surface area is 104 Å². The lowest BCUT2D eigenvalue weighted by Gasteiger charge is -2.30. The maximum absolute atomic E-state index is 6.14. The van der Waals surface area contributed by atoms with E-state index in [9.17, 15) is 0 Å². The van der Waals surface area contributed by atoms with Gasteiger partial charge in [0.2, 0.25) is 0 Å². The normalized spacial score (nSPS) is 18.5. The topological polar surface area (TPSA) is 9.23 Å². The summed E-state index contributed by atoms with van der Waals surface area (Å²) in [4.78, 5) is 0. The lowest BCUT2D eigenvalue weighted by atomic mass is 9.96. The van der Waals surface area contributed by atoms with Crippen molar-refractivity contribution in [2.75, 3.05) is 5.33 Å². The number of halogens is 2. The van der Waals surface area contributed by atoms with Crippen LogP contribution in [0.3, 0.4) is 0 Å². The molecule has 1 aliphatic carbocycles. The van der Waals surface area contributed by atoms with Gasteiger partial charge in [-0.25, -0.2) is 0 Å². The first-order chi connectivity index (χ1) is 7.31. The summed E-state index contributed by atoms with van der Waals surface area (Å²) in [6, 6.07) is 7.89. The first kappa shape index (κ1) is 11.4. The third kappa shape index (κ3) is 2.74. The number of hydrogen-bond donors (Lipinski definition) is 0. The Morgan fingerprint density at radius 2 is 2.13 bits per heavy atom. The van der Waals surface area contributed by atoms with Gasteiger partial charge in [0.05, 0.1) is 12.2 Å². The van der Waals surface area contributed by atoms with Gasteiger partial charge in [-0.3, -0.25) is 0 Å². The van der Waals surface area contributed by atoms with Gasteiger partial charge in [0.25, 0.3) is 0 Å². The molecule has 1 atom stereocenters. The highest BCUT2D eigenvalue weighted by Crippen LogP contribution is 2.32. The minimum atomic E-state index is 0.0870. The van der Waals surface area contributed by atoms with Crippen LogP contribution in [0.2, 0.25) is 5.02 Å². The highest BCUT2D eigenvalue weighted by Gasteiger charge is 2.23. The molecule has 15 heavy (non-hydrogen) atoms. The van der Waals surface area contributed by atoms with Gasteiger partial charge in [-0.05, 0) is 25.3 Å². The largest absolute Gasteiger partial charge is 0.369 e. The Morgan fingerprint density at radius 1 is 1.40 bits per heavy atom. The van der Waals surface area contributed by atoms with Crippen LogP contribution in [0.5, 0.6) is 0 Å². The van der Waals surface area contributed by atoms with Crippen LogP contribution in [0, 0.1) is 0 Å². The fourth-order valence-electron chi connectivity index (χ4n) is 1.67. The molecule has 0 aliphatic heterocycles. The van der Waals surface area contributed by atoms with E-state index >= 15 is 0 Å². The van der Waals surface area contributed by atoms with E-state index in [-0.39, 0.29) is 6.10 Å². The Bertz CT molecular complexity index is 325. The molecule has 82 valence electrons. The standard InChI is InChI=1S/C12H14BrClO/c13-8-12(15-9-4-3-5-9)10-6-1-2-7-11(10)14/h1-2,6-7,9,12H,3-5,8H2. The molecule has 1 aliphatic rings. The molecule has 0 aromatic heterocycles. The number of alkyl halides is 1. The summed E-state index contributed by atoms with van der Waals surface area (Å²) in [5.41, 5.74) is 1.09. The molecule has 1 nitrogen and oxygen atoms in total. The average molecular weight is 290 g/mol.